The highest BCUT2D eigenvalue weighted by Gasteiger charge is 2.22. The largest absolute Gasteiger partial charge is 0.480 e. The lowest BCUT2D eigenvalue weighted by Crippen LogP contribution is -2.44. The average molecular weight is 271 g/mol. The van der Waals surface area contributed by atoms with Crippen molar-refractivity contribution in [2.24, 2.45) is 0 Å². The molecule has 0 rings (SSSR count). The van der Waals surface area contributed by atoms with Gasteiger partial charge >= 0.3 is 5.97 Å². The van der Waals surface area contributed by atoms with Crippen LogP contribution < -0.4 is 0 Å². The van der Waals surface area contributed by atoms with E-state index < -0.39 is 5.97 Å². The Morgan fingerprint density at radius 2 is 1.42 bits per heavy atom. The number of carbonyl (C=O) groups is 1. The molecule has 3 heteroatoms. The Morgan fingerprint density at radius 3 is 1.84 bits per heavy atom. The highest BCUT2D eigenvalue weighted by atomic mass is 16.4. The normalized spacial score (nSPS) is 12.1. The summed E-state index contributed by atoms with van der Waals surface area (Å²) in [4.78, 5) is 12.9. The molecule has 0 spiro atoms. The molecule has 3 nitrogen and oxygen atoms in total. The third kappa shape index (κ3) is 11.0. The molecule has 0 bridgehead atoms. The molecule has 0 heterocycles. The van der Waals surface area contributed by atoms with E-state index in [2.05, 4.69) is 32.6 Å². The highest BCUT2D eigenvalue weighted by Crippen LogP contribution is 2.15. The van der Waals surface area contributed by atoms with Crippen molar-refractivity contribution in [1.82, 2.24) is 4.90 Å². The first-order valence-electron chi connectivity index (χ1n) is 7.84. The summed E-state index contributed by atoms with van der Waals surface area (Å²) in [6.45, 7) is 9.54. The van der Waals surface area contributed by atoms with Crippen molar-refractivity contribution in [3.8, 4) is 0 Å². The lowest BCUT2D eigenvalue weighted by Gasteiger charge is -2.34. The quantitative estimate of drug-likeness (QED) is 0.569. The molecule has 0 saturated carbocycles. The summed E-state index contributed by atoms with van der Waals surface area (Å²) in [6.07, 6.45) is 10.3. The first kappa shape index (κ1) is 18.4. The van der Waals surface area contributed by atoms with Gasteiger partial charge in [0.05, 0.1) is 6.54 Å². The maximum atomic E-state index is 10.9. The molecule has 1 N–H and O–H groups in total. The van der Waals surface area contributed by atoms with E-state index in [9.17, 15) is 4.79 Å². The molecule has 19 heavy (non-hydrogen) atoms. The lowest BCUT2D eigenvalue weighted by molar-refractivity contribution is -0.139. The summed E-state index contributed by atoms with van der Waals surface area (Å²) in [5.41, 5.74) is -0.0560. The number of carboxylic acids is 1. The fourth-order valence-electron chi connectivity index (χ4n) is 2.25. The number of carboxylic acid groups (broad SMARTS) is 1. The third-order valence-corrected chi connectivity index (χ3v) is 3.56. The molecule has 0 fully saturated rings. The average Bonchev–Trinajstić information content (AvgIpc) is 2.29. The van der Waals surface area contributed by atoms with Crippen LogP contribution in [0.5, 0.6) is 0 Å². The van der Waals surface area contributed by atoms with Crippen LogP contribution in [0.1, 0.15) is 79.1 Å². The summed E-state index contributed by atoms with van der Waals surface area (Å²) in [5, 5.41) is 8.93. The van der Waals surface area contributed by atoms with Crippen molar-refractivity contribution < 1.29 is 9.90 Å². The molecule has 0 saturated heterocycles. The van der Waals surface area contributed by atoms with Gasteiger partial charge in [-0.3, -0.25) is 9.69 Å². The standard InChI is InChI=1S/C16H33NO2/c1-5-6-7-8-9-10-11-12-13-17(14-15(18)19)16(2,3)4/h5-14H2,1-4H3,(H,18,19). The smallest absolute Gasteiger partial charge is 0.317 e. The Balaban J connectivity index is 3.67. The molecule has 0 unspecified atom stereocenters. The van der Waals surface area contributed by atoms with E-state index in [1.165, 1.54) is 44.9 Å². The number of unbranched alkanes of at least 4 members (excludes halogenated alkanes) is 7. The molecule has 114 valence electrons. The van der Waals surface area contributed by atoms with Crippen molar-refractivity contribution >= 4 is 5.97 Å². The second-order valence-electron chi connectivity index (χ2n) is 6.46. The van der Waals surface area contributed by atoms with Gasteiger partial charge in [0.1, 0.15) is 0 Å². The molecule has 0 amide bonds. The molecule has 0 aromatic heterocycles. The molecule has 0 aromatic carbocycles. The second-order valence-corrected chi connectivity index (χ2v) is 6.46. The van der Waals surface area contributed by atoms with Crippen LogP contribution in [-0.4, -0.2) is 34.6 Å². The Bertz CT molecular complexity index is 233. The van der Waals surface area contributed by atoms with E-state index in [1.807, 2.05) is 0 Å². The van der Waals surface area contributed by atoms with E-state index in [0.717, 1.165) is 13.0 Å². The predicted molar refractivity (Wildman–Crippen MR) is 81.6 cm³/mol. The van der Waals surface area contributed by atoms with E-state index >= 15 is 0 Å². The van der Waals surface area contributed by atoms with E-state index in [0.29, 0.717) is 0 Å². The zero-order chi connectivity index (χ0) is 14.7. The minimum Gasteiger partial charge on any atom is -0.480 e. The number of hydrogen-bond acceptors (Lipinski definition) is 2. The fraction of sp³-hybridized carbons (Fsp3) is 0.938. The molecular formula is C16H33NO2. The minimum atomic E-state index is -0.727. The van der Waals surface area contributed by atoms with Crippen molar-refractivity contribution in [2.75, 3.05) is 13.1 Å². The van der Waals surface area contributed by atoms with Crippen LogP contribution in [0.4, 0.5) is 0 Å². The number of rotatable bonds is 11. The topological polar surface area (TPSA) is 40.5 Å². The van der Waals surface area contributed by atoms with Gasteiger partial charge in [-0.15, -0.1) is 0 Å². The molecule has 0 aliphatic carbocycles. The first-order valence-corrected chi connectivity index (χ1v) is 7.84. The minimum absolute atomic E-state index is 0.0560. The summed E-state index contributed by atoms with van der Waals surface area (Å²) in [6, 6.07) is 0. The number of hydrogen-bond donors (Lipinski definition) is 1. The van der Waals surface area contributed by atoms with E-state index in [4.69, 9.17) is 5.11 Å². The van der Waals surface area contributed by atoms with Crippen LogP contribution in [0.15, 0.2) is 0 Å². The van der Waals surface area contributed by atoms with E-state index in [1.54, 1.807) is 0 Å². The van der Waals surface area contributed by atoms with Gasteiger partial charge in [-0.25, -0.2) is 0 Å². The molecule has 0 radical (unpaired) electrons. The predicted octanol–water partition coefficient (Wildman–Crippen LogP) is 4.31. The Hall–Kier alpha value is -0.570. The fourth-order valence-corrected chi connectivity index (χ4v) is 2.25. The van der Waals surface area contributed by atoms with Crippen molar-refractivity contribution in [3.05, 3.63) is 0 Å². The SMILES string of the molecule is CCCCCCCCCCN(CC(=O)O)C(C)(C)C. The van der Waals surface area contributed by atoms with Gasteiger partial charge in [-0.05, 0) is 33.7 Å². The summed E-state index contributed by atoms with van der Waals surface area (Å²) in [7, 11) is 0. The highest BCUT2D eigenvalue weighted by molar-refractivity contribution is 5.69. The van der Waals surface area contributed by atoms with Crippen LogP contribution in [0.3, 0.4) is 0 Å². The maximum Gasteiger partial charge on any atom is 0.317 e. The van der Waals surface area contributed by atoms with Crippen LogP contribution >= 0.6 is 0 Å². The van der Waals surface area contributed by atoms with Gasteiger partial charge in [0, 0.05) is 5.54 Å². The molecule has 0 aliphatic rings. The lowest BCUT2D eigenvalue weighted by atomic mass is 10.0. The van der Waals surface area contributed by atoms with Crippen LogP contribution in [0, 0.1) is 0 Å². The molecular weight excluding hydrogens is 238 g/mol. The Morgan fingerprint density at radius 1 is 0.947 bits per heavy atom. The maximum absolute atomic E-state index is 10.9. The summed E-state index contributed by atoms with van der Waals surface area (Å²) >= 11 is 0. The van der Waals surface area contributed by atoms with Gasteiger partial charge in [-0.2, -0.15) is 0 Å². The van der Waals surface area contributed by atoms with Gasteiger partial charge < -0.3 is 5.11 Å². The van der Waals surface area contributed by atoms with Crippen LogP contribution in [0.25, 0.3) is 0 Å². The van der Waals surface area contributed by atoms with Gasteiger partial charge in [0.15, 0.2) is 0 Å². The first-order chi connectivity index (χ1) is 8.88. The molecule has 0 atom stereocenters. The number of nitrogens with zero attached hydrogens (tertiary/aromatic N) is 1. The summed E-state index contributed by atoms with van der Waals surface area (Å²) < 4.78 is 0. The zero-order valence-corrected chi connectivity index (χ0v) is 13.4. The number of aliphatic carboxylic acids is 1. The van der Waals surface area contributed by atoms with Crippen molar-refractivity contribution in [3.63, 3.8) is 0 Å². The van der Waals surface area contributed by atoms with Gasteiger partial charge in [0.2, 0.25) is 0 Å². The van der Waals surface area contributed by atoms with Gasteiger partial charge in [-0.1, -0.05) is 51.9 Å². The van der Waals surface area contributed by atoms with Crippen molar-refractivity contribution in [2.45, 2.75) is 84.6 Å². The van der Waals surface area contributed by atoms with Crippen molar-refractivity contribution in [1.29, 1.82) is 0 Å². The van der Waals surface area contributed by atoms with Crippen LogP contribution in [0.2, 0.25) is 0 Å². The third-order valence-electron chi connectivity index (χ3n) is 3.56. The monoisotopic (exact) mass is 271 g/mol. The molecule has 0 aromatic rings. The molecule has 0 aliphatic heterocycles. The summed E-state index contributed by atoms with van der Waals surface area (Å²) in [5.74, 6) is -0.727. The van der Waals surface area contributed by atoms with Gasteiger partial charge in [0.25, 0.3) is 0 Å². The Kier molecular flexibility index (Phi) is 9.94. The Labute approximate surface area is 119 Å². The van der Waals surface area contributed by atoms with E-state index in [-0.39, 0.29) is 12.1 Å². The zero-order valence-electron chi connectivity index (χ0n) is 13.4. The van der Waals surface area contributed by atoms with Crippen LogP contribution in [-0.2, 0) is 4.79 Å². The second kappa shape index (κ2) is 10.2.